The molecular weight excluding hydrogens is 418 g/mol. The van der Waals surface area contributed by atoms with Crippen LogP contribution in [0.25, 0.3) is 5.69 Å². The number of nitrogens with zero attached hydrogens (tertiary/aromatic N) is 3. The van der Waals surface area contributed by atoms with Crippen LogP contribution in [0, 0.1) is 17.8 Å². The van der Waals surface area contributed by atoms with E-state index in [1.807, 2.05) is 37.3 Å². The molecule has 0 spiro atoms. The number of rotatable bonds is 6. The molecule has 2 heterocycles. The largest absolute Gasteiger partial charge is 0.345 e. The quantitative estimate of drug-likeness (QED) is 0.268. The summed E-state index contributed by atoms with van der Waals surface area (Å²) in [5.74, 6) is 0.497. The SMILES string of the molecule is Cc1cc(C(=O)CSc2nn(-c3ccc(Cl)cc3)c(=S)s2)c(C)n1C1CC1. The molecule has 1 aliphatic carbocycles. The number of halogens is 1. The predicted octanol–water partition coefficient (Wildman–Crippen LogP) is 6.04. The molecule has 2 aromatic heterocycles. The van der Waals surface area contributed by atoms with E-state index in [1.165, 1.54) is 41.6 Å². The fourth-order valence-electron chi connectivity index (χ4n) is 3.22. The summed E-state index contributed by atoms with van der Waals surface area (Å²) >= 11 is 14.2. The molecule has 0 amide bonds. The first kappa shape index (κ1) is 18.9. The summed E-state index contributed by atoms with van der Waals surface area (Å²) < 4.78 is 5.46. The number of aromatic nitrogens is 3. The Kier molecular flexibility index (Phi) is 5.29. The zero-order valence-electron chi connectivity index (χ0n) is 14.9. The molecule has 4 rings (SSSR count). The molecule has 0 saturated heterocycles. The minimum Gasteiger partial charge on any atom is -0.345 e. The molecule has 8 heteroatoms. The van der Waals surface area contributed by atoms with Crippen molar-refractivity contribution in [2.45, 2.75) is 37.1 Å². The van der Waals surface area contributed by atoms with E-state index < -0.39 is 0 Å². The highest BCUT2D eigenvalue weighted by molar-refractivity contribution is 8.01. The first-order chi connectivity index (χ1) is 12.9. The summed E-state index contributed by atoms with van der Waals surface area (Å²) in [7, 11) is 0. The van der Waals surface area contributed by atoms with Gasteiger partial charge < -0.3 is 4.57 Å². The van der Waals surface area contributed by atoms with Crippen molar-refractivity contribution in [3.8, 4) is 5.69 Å². The zero-order chi connectivity index (χ0) is 19.1. The summed E-state index contributed by atoms with van der Waals surface area (Å²) in [5, 5.41) is 5.22. The van der Waals surface area contributed by atoms with Crippen molar-refractivity contribution in [1.82, 2.24) is 14.3 Å². The first-order valence-corrected chi connectivity index (χ1v) is 11.2. The molecule has 3 aromatic rings. The molecule has 4 nitrogen and oxygen atoms in total. The van der Waals surface area contributed by atoms with E-state index in [0.717, 1.165) is 21.3 Å². The lowest BCUT2D eigenvalue weighted by Crippen LogP contribution is -2.05. The minimum atomic E-state index is 0.138. The van der Waals surface area contributed by atoms with Gasteiger partial charge in [0.25, 0.3) is 0 Å². The number of thioether (sulfide) groups is 1. The monoisotopic (exact) mass is 435 g/mol. The van der Waals surface area contributed by atoms with E-state index in [1.54, 1.807) is 4.68 Å². The van der Waals surface area contributed by atoms with Crippen LogP contribution in [0.2, 0.25) is 5.02 Å². The number of carbonyl (C=O) groups is 1. The van der Waals surface area contributed by atoms with Crippen LogP contribution in [0.15, 0.2) is 34.7 Å². The van der Waals surface area contributed by atoms with Crippen LogP contribution >= 0.6 is 46.9 Å². The van der Waals surface area contributed by atoms with Gasteiger partial charge in [-0.2, -0.15) is 0 Å². The maximum atomic E-state index is 12.7. The molecule has 140 valence electrons. The third-order valence-corrected chi connectivity index (χ3v) is 7.24. The van der Waals surface area contributed by atoms with Gasteiger partial charge in [-0.1, -0.05) is 34.7 Å². The molecule has 27 heavy (non-hydrogen) atoms. The van der Waals surface area contributed by atoms with Crippen molar-refractivity contribution >= 4 is 52.7 Å². The molecule has 0 unspecified atom stereocenters. The van der Waals surface area contributed by atoms with Crippen LogP contribution in [-0.2, 0) is 0 Å². The number of hydrogen-bond donors (Lipinski definition) is 0. The van der Waals surface area contributed by atoms with Gasteiger partial charge in [-0.15, -0.1) is 5.10 Å². The molecule has 0 bridgehead atoms. The summed E-state index contributed by atoms with van der Waals surface area (Å²) in [4.78, 5) is 12.7. The van der Waals surface area contributed by atoms with Crippen molar-refractivity contribution in [3.63, 3.8) is 0 Å². The fraction of sp³-hybridized carbons (Fsp3) is 0.316. The normalized spacial score (nSPS) is 13.9. The number of ketones is 1. The predicted molar refractivity (Wildman–Crippen MR) is 115 cm³/mol. The average molecular weight is 436 g/mol. The van der Waals surface area contributed by atoms with Crippen molar-refractivity contribution in [1.29, 1.82) is 0 Å². The lowest BCUT2D eigenvalue weighted by atomic mass is 10.2. The van der Waals surface area contributed by atoms with E-state index in [-0.39, 0.29) is 5.78 Å². The number of Topliss-reactive ketones (excluding diaryl/α,β-unsaturated/α-hetero) is 1. The van der Waals surface area contributed by atoms with Crippen LogP contribution < -0.4 is 0 Å². The smallest absolute Gasteiger partial charge is 0.184 e. The Morgan fingerprint density at radius 1 is 1.33 bits per heavy atom. The number of aryl methyl sites for hydroxylation is 1. The van der Waals surface area contributed by atoms with Gasteiger partial charge in [0.2, 0.25) is 0 Å². The Morgan fingerprint density at radius 3 is 2.70 bits per heavy atom. The summed E-state index contributed by atoms with van der Waals surface area (Å²) in [6, 6.07) is 9.98. The number of hydrogen-bond acceptors (Lipinski definition) is 5. The molecule has 1 aliphatic rings. The van der Waals surface area contributed by atoms with Gasteiger partial charge in [0.1, 0.15) is 0 Å². The lowest BCUT2D eigenvalue weighted by molar-refractivity contribution is 0.102. The van der Waals surface area contributed by atoms with E-state index in [2.05, 4.69) is 16.6 Å². The highest BCUT2D eigenvalue weighted by Crippen LogP contribution is 2.38. The number of benzene rings is 1. The Bertz CT molecular complexity index is 1060. The standard InChI is InChI=1S/C19H18ClN3OS3/c1-11-9-16(12(2)22(11)14-7-8-14)17(24)10-26-18-21-23(19(25)27-18)15-5-3-13(20)4-6-15/h3-6,9,14H,7-8,10H2,1-2H3. The maximum Gasteiger partial charge on any atom is 0.184 e. The summed E-state index contributed by atoms with van der Waals surface area (Å²) in [6.07, 6.45) is 2.42. The Hall–Kier alpha value is -1.41. The van der Waals surface area contributed by atoms with E-state index >= 15 is 0 Å². The van der Waals surface area contributed by atoms with Crippen LogP contribution in [0.4, 0.5) is 0 Å². The Labute approximate surface area is 176 Å². The Morgan fingerprint density at radius 2 is 2.04 bits per heavy atom. The zero-order valence-corrected chi connectivity index (χ0v) is 18.1. The third kappa shape index (κ3) is 3.92. The van der Waals surface area contributed by atoms with Crippen LogP contribution in [-0.4, -0.2) is 25.9 Å². The fourth-order valence-corrected chi connectivity index (χ4v) is 5.59. The number of carbonyl (C=O) groups excluding carboxylic acids is 1. The van der Waals surface area contributed by atoms with Gasteiger partial charge in [0.15, 0.2) is 14.1 Å². The van der Waals surface area contributed by atoms with Gasteiger partial charge in [-0.3, -0.25) is 4.79 Å². The molecule has 0 atom stereocenters. The van der Waals surface area contributed by atoms with E-state index in [0.29, 0.717) is 20.8 Å². The van der Waals surface area contributed by atoms with E-state index in [9.17, 15) is 4.79 Å². The molecular formula is C19H18ClN3OS3. The molecule has 0 aliphatic heterocycles. The second-order valence-electron chi connectivity index (χ2n) is 6.62. The molecule has 1 fully saturated rings. The van der Waals surface area contributed by atoms with Crippen LogP contribution in [0.1, 0.15) is 40.6 Å². The minimum absolute atomic E-state index is 0.138. The highest BCUT2D eigenvalue weighted by atomic mass is 35.5. The van der Waals surface area contributed by atoms with Gasteiger partial charge in [-0.05, 0) is 69.2 Å². The van der Waals surface area contributed by atoms with Crippen LogP contribution in [0.3, 0.4) is 0 Å². The maximum absolute atomic E-state index is 12.7. The topological polar surface area (TPSA) is 39.8 Å². The van der Waals surface area contributed by atoms with Gasteiger partial charge in [0.05, 0.1) is 11.4 Å². The van der Waals surface area contributed by atoms with Crippen molar-refractivity contribution in [3.05, 3.63) is 56.3 Å². The van der Waals surface area contributed by atoms with Crippen molar-refractivity contribution in [2.24, 2.45) is 0 Å². The third-order valence-electron chi connectivity index (χ3n) is 4.62. The molecule has 1 aromatic carbocycles. The summed E-state index contributed by atoms with van der Waals surface area (Å²) in [6.45, 7) is 4.12. The second-order valence-corrected chi connectivity index (χ2v) is 9.90. The van der Waals surface area contributed by atoms with Crippen LogP contribution in [0.5, 0.6) is 0 Å². The van der Waals surface area contributed by atoms with Crippen molar-refractivity contribution < 1.29 is 4.79 Å². The second kappa shape index (κ2) is 7.54. The average Bonchev–Trinajstić information content (AvgIpc) is 3.33. The van der Waals surface area contributed by atoms with Gasteiger partial charge >= 0.3 is 0 Å². The summed E-state index contributed by atoms with van der Waals surface area (Å²) in [5.41, 5.74) is 3.95. The van der Waals surface area contributed by atoms with Gasteiger partial charge in [-0.25, -0.2) is 4.68 Å². The molecule has 1 saturated carbocycles. The van der Waals surface area contributed by atoms with Gasteiger partial charge in [0, 0.05) is 28.0 Å². The van der Waals surface area contributed by atoms with E-state index in [4.69, 9.17) is 23.8 Å². The molecule has 0 radical (unpaired) electrons. The highest BCUT2D eigenvalue weighted by Gasteiger charge is 2.28. The lowest BCUT2D eigenvalue weighted by Gasteiger charge is -2.07. The molecule has 0 N–H and O–H groups in total. The van der Waals surface area contributed by atoms with Crippen molar-refractivity contribution in [2.75, 3.05) is 5.75 Å². The first-order valence-electron chi connectivity index (χ1n) is 8.64. The Balaban J connectivity index is 1.48.